The molecule has 5 rings (SSSR count). The van der Waals surface area contributed by atoms with Gasteiger partial charge < -0.3 is 9.30 Å². The van der Waals surface area contributed by atoms with E-state index in [1.165, 1.54) is 33.3 Å². The Morgan fingerprint density at radius 1 is 0.760 bits per heavy atom. The molecule has 1 aromatic heterocycles. The first-order valence-corrected chi connectivity index (χ1v) is 8.65. The number of hydrogen-bond acceptors (Lipinski definition) is 1. The number of aryl methyl sites for hydroxylation is 1. The molecule has 0 aliphatic carbocycles. The van der Waals surface area contributed by atoms with Gasteiger partial charge in [0.2, 0.25) is 0 Å². The van der Waals surface area contributed by atoms with Crippen molar-refractivity contribution >= 4 is 10.9 Å². The second-order valence-corrected chi connectivity index (χ2v) is 6.69. The summed E-state index contributed by atoms with van der Waals surface area (Å²) < 4.78 is 8.48. The van der Waals surface area contributed by atoms with E-state index >= 15 is 0 Å². The molecular weight excluding hydrogens is 306 g/mol. The largest absolute Gasteiger partial charge is 0.457 e. The van der Waals surface area contributed by atoms with Crippen LogP contribution < -0.4 is 4.74 Å². The summed E-state index contributed by atoms with van der Waals surface area (Å²) in [5, 5.41) is 1.32. The Morgan fingerprint density at radius 3 is 2.00 bits per heavy atom. The number of benzene rings is 3. The normalized spacial score (nSPS) is 13.4. The molecule has 0 fully saturated rings. The van der Waals surface area contributed by atoms with Crippen LogP contribution in [-0.2, 0) is 7.05 Å². The molecule has 4 aromatic rings. The van der Waals surface area contributed by atoms with E-state index in [-0.39, 0.29) is 5.92 Å². The highest BCUT2D eigenvalue weighted by atomic mass is 16.5. The van der Waals surface area contributed by atoms with Crippen molar-refractivity contribution in [3.63, 3.8) is 0 Å². The van der Waals surface area contributed by atoms with E-state index in [2.05, 4.69) is 79.2 Å². The molecule has 0 N–H and O–H groups in total. The monoisotopic (exact) mass is 325 g/mol. The molecule has 3 aromatic carbocycles. The van der Waals surface area contributed by atoms with Gasteiger partial charge in [0, 0.05) is 40.7 Å². The van der Waals surface area contributed by atoms with Crippen LogP contribution in [0.15, 0.2) is 72.8 Å². The van der Waals surface area contributed by atoms with Crippen molar-refractivity contribution in [1.29, 1.82) is 0 Å². The second kappa shape index (κ2) is 5.25. The van der Waals surface area contributed by atoms with Gasteiger partial charge in [-0.3, -0.25) is 0 Å². The second-order valence-electron chi connectivity index (χ2n) is 6.69. The molecule has 0 spiro atoms. The van der Waals surface area contributed by atoms with Crippen LogP contribution in [-0.4, -0.2) is 4.57 Å². The Hall–Kier alpha value is -3.00. The Morgan fingerprint density at radius 2 is 1.32 bits per heavy atom. The average Bonchev–Trinajstić information content (AvgIpc) is 2.91. The van der Waals surface area contributed by atoms with Crippen molar-refractivity contribution in [2.75, 3.05) is 0 Å². The predicted molar refractivity (Wildman–Crippen MR) is 102 cm³/mol. The summed E-state index contributed by atoms with van der Waals surface area (Å²) in [6, 6.07) is 25.5. The van der Waals surface area contributed by atoms with Gasteiger partial charge in [0.15, 0.2) is 0 Å². The van der Waals surface area contributed by atoms with Gasteiger partial charge in [0.05, 0.1) is 0 Å². The van der Waals surface area contributed by atoms with Gasteiger partial charge in [0.1, 0.15) is 11.5 Å². The third kappa shape index (κ3) is 1.97. The maximum absolute atomic E-state index is 6.18. The minimum atomic E-state index is 0.187. The number of nitrogens with zero attached hydrogens (tertiary/aromatic N) is 1. The summed E-state index contributed by atoms with van der Waals surface area (Å²) in [7, 11) is 2.15. The molecule has 0 atom stereocenters. The van der Waals surface area contributed by atoms with Gasteiger partial charge in [-0.25, -0.2) is 0 Å². The lowest BCUT2D eigenvalue weighted by atomic mass is 9.81. The first kappa shape index (κ1) is 14.4. The van der Waals surface area contributed by atoms with Crippen molar-refractivity contribution in [1.82, 2.24) is 4.57 Å². The van der Waals surface area contributed by atoms with Crippen molar-refractivity contribution < 1.29 is 4.74 Å². The van der Waals surface area contributed by atoms with Gasteiger partial charge in [-0.05, 0) is 30.7 Å². The lowest BCUT2D eigenvalue weighted by molar-refractivity contribution is 0.453. The van der Waals surface area contributed by atoms with E-state index in [9.17, 15) is 0 Å². The molecule has 0 saturated carbocycles. The summed E-state index contributed by atoms with van der Waals surface area (Å²) in [6.07, 6.45) is 0. The maximum Gasteiger partial charge on any atom is 0.131 e. The Balaban J connectivity index is 1.88. The molecule has 0 amide bonds. The molecule has 0 unspecified atom stereocenters. The van der Waals surface area contributed by atoms with Gasteiger partial charge in [-0.15, -0.1) is 0 Å². The van der Waals surface area contributed by atoms with Crippen molar-refractivity contribution in [3.05, 3.63) is 95.2 Å². The summed E-state index contributed by atoms with van der Waals surface area (Å²) in [5.41, 5.74) is 6.43. The van der Waals surface area contributed by atoms with Crippen molar-refractivity contribution in [3.8, 4) is 11.5 Å². The van der Waals surface area contributed by atoms with Crippen LogP contribution >= 0.6 is 0 Å². The fraction of sp³-hybridized carbons (Fsp3) is 0.130. The van der Waals surface area contributed by atoms with E-state index in [0.717, 1.165) is 11.5 Å². The smallest absolute Gasteiger partial charge is 0.131 e. The lowest BCUT2D eigenvalue weighted by Crippen LogP contribution is -2.12. The fourth-order valence-electron chi connectivity index (χ4n) is 4.14. The zero-order chi connectivity index (χ0) is 17.0. The number of aromatic nitrogens is 1. The van der Waals surface area contributed by atoms with Crippen LogP contribution in [0.3, 0.4) is 0 Å². The van der Waals surface area contributed by atoms with Crippen LogP contribution in [0.25, 0.3) is 10.9 Å². The number of hydrogen-bond donors (Lipinski definition) is 0. The highest BCUT2D eigenvalue weighted by molar-refractivity contribution is 5.87. The Labute approximate surface area is 147 Å². The van der Waals surface area contributed by atoms with Crippen molar-refractivity contribution in [2.24, 2.45) is 7.05 Å². The topological polar surface area (TPSA) is 14.2 Å². The van der Waals surface area contributed by atoms with Crippen LogP contribution in [0.1, 0.15) is 28.3 Å². The molecule has 25 heavy (non-hydrogen) atoms. The minimum absolute atomic E-state index is 0.187. The summed E-state index contributed by atoms with van der Waals surface area (Å²) in [5.74, 6) is 2.10. The fourth-order valence-corrected chi connectivity index (χ4v) is 4.14. The SMILES string of the molecule is Cc1c(C2c3ccccc3Oc3ccccc32)c2ccccc2n1C. The van der Waals surface area contributed by atoms with Gasteiger partial charge in [-0.2, -0.15) is 0 Å². The zero-order valence-electron chi connectivity index (χ0n) is 14.4. The molecule has 0 radical (unpaired) electrons. The molecular formula is C23H19NO. The molecule has 0 saturated heterocycles. The van der Waals surface area contributed by atoms with Crippen LogP contribution in [0.2, 0.25) is 0 Å². The third-order valence-electron chi connectivity index (χ3n) is 5.42. The number of para-hydroxylation sites is 3. The molecule has 2 nitrogen and oxygen atoms in total. The lowest BCUT2D eigenvalue weighted by Gasteiger charge is -2.29. The van der Waals surface area contributed by atoms with Crippen LogP contribution in [0.4, 0.5) is 0 Å². The van der Waals surface area contributed by atoms with Crippen LogP contribution in [0, 0.1) is 6.92 Å². The average molecular weight is 325 g/mol. The number of fused-ring (bicyclic) bond motifs is 3. The zero-order valence-corrected chi connectivity index (χ0v) is 14.4. The quantitative estimate of drug-likeness (QED) is 0.381. The summed E-state index contributed by atoms with van der Waals surface area (Å²) >= 11 is 0. The molecule has 2 heteroatoms. The first-order chi connectivity index (χ1) is 12.3. The van der Waals surface area contributed by atoms with Crippen molar-refractivity contribution in [2.45, 2.75) is 12.8 Å². The Kier molecular flexibility index (Phi) is 3.01. The van der Waals surface area contributed by atoms with Gasteiger partial charge in [-0.1, -0.05) is 54.6 Å². The minimum Gasteiger partial charge on any atom is -0.457 e. The van der Waals surface area contributed by atoms with Gasteiger partial charge in [0.25, 0.3) is 0 Å². The Bertz CT molecular complexity index is 1060. The summed E-state index contributed by atoms with van der Waals surface area (Å²) in [6.45, 7) is 2.22. The van der Waals surface area contributed by atoms with E-state index in [1.807, 2.05) is 12.1 Å². The van der Waals surface area contributed by atoms with E-state index < -0.39 is 0 Å². The maximum atomic E-state index is 6.18. The standard InChI is InChI=1S/C23H19NO/c1-15-22(16-9-3-6-12-19(16)24(15)2)23-17-10-4-7-13-20(17)25-21-14-8-5-11-18(21)23/h3-14,23H,1-2H3. The molecule has 1 aliphatic rings. The number of ether oxygens (including phenoxy) is 1. The third-order valence-corrected chi connectivity index (χ3v) is 5.42. The molecule has 122 valence electrons. The molecule has 0 bridgehead atoms. The van der Waals surface area contributed by atoms with Crippen LogP contribution in [0.5, 0.6) is 11.5 Å². The van der Waals surface area contributed by atoms with Gasteiger partial charge >= 0.3 is 0 Å². The van der Waals surface area contributed by atoms with E-state index in [0.29, 0.717) is 0 Å². The predicted octanol–water partition coefficient (Wildman–Crippen LogP) is 5.77. The highest BCUT2D eigenvalue weighted by Crippen LogP contribution is 2.49. The molecule has 1 aliphatic heterocycles. The molecule has 2 heterocycles. The first-order valence-electron chi connectivity index (χ1n) is 8.65. The van der Waals surface area contributed by atoms with E-state index in [1.54, 1.807) is 0 Å². The highest BCUT2D eigenvalue weighted by Gasteiger charge is 2.31. The number of rotatable bonds is 1. The summed E-state index contributed by atoms with van der Waals surface area (Å²) in [4.78, 5) is 0. The van der Waals surface area contributed by atoms with E-state index in [4.69, 9.17) is 4.74 Å².